The van der Waals surface area contributed by atoms with Crippen LogP contribution < -0.4 is 0 Å². The molecule has 0 unspecified atom stereocenters. The minimum Gasteiger partial charge on any atom is -0.333 e. The SMILES string of the molecule is N#CCCN(Cc1cccnc1)C(=O)c1ccccc1F. The first-order chi connectivity index (χ1) is 10.2. The lowest BCUT2D eigenvalue weighted by Crippen LogP contribution is -2.32. The van der Waals surface area contributed by atoms with Gasteiger partial charge in [0.05, 0.1) is 18.1 Å². The third-order valence-corrected chi connectivity index (χ3v) is 2.98. The van der Waals surface area contributed by atoms with E-state index in [1.807, 2.05) is 12.1 Å². The number of benzene rings is 1. The third-order valence-electron chi connectivity index (χ3n) is 2.98. The Labute approximate surface area is 122 Å². The fourth-order valence-electron chi connectivity index (χ4n) is 1.95. The van der Waals surface area contributed by atoms with Crippen molar-refractivity contribution in [3.63, 3.8) is 0 Å². The van der Waals surface area contributed by atoms with Crippen LogP contribution in [0, 0.1) is 17.1 Å². The largest absolute Gasteiger partial charge is 0.333 e. The number of carbonyl (C=O) groups excluding carboxylic acids is 1. The van der Waals surface area contributed by atoms with Gasteiger partial charge in [-0.3, -0.25) is 9.78 Å². The van der Waals surface area contributed by atoms with Crippen LogP contribution in [0.2, 0.25) is 0 Å². The van der Waals surface area contributed by atoms with E-state index in [1.165, 1.54) is 23.1 Å². The molecule has 4 nitrogen and oxygen atoms in total. The van der Waals surface area contributed by atoms with Gasteiger partial charge in [-0.25, -0.2) is 4.39 Å². The van der Waals surface area contributed by atoms with Gasteiger partial charge in [-0.1, -0.05) is 18.2 Å². The Bertz CT molecular complexity index is 652. The highest BCUT2D eigenvalue weighted by Crippen LogP contribution is 2.13. The number of hydrogen-bond donors (Lipinski definition) is 0. The summed E-state index contributed by atoms with van der Waals surface area (Å²) in [6, 6.07) is 11.4. The van der Waals surface area contributed by atoms with Crippen molar-refractivity contribution in [1.82, 2.24) is 9.88 Å². The number of carbonyl (C=O) groups is 1. The zero-order valence-corrected chi connectivity index (χ0v) is 11.4. The zero-order chi connectivity index (χ0) is 15.1. The highest BCUT2D eigenvalue weighted by Gasteiger charge is 2.19. The summed E-state index contributed by atoms with van der Waals surface area (Å²) in [6.45, 7) is 0.543. The predicted octanol–water partition coefficient (Wildman–Crippen LogP) is 2.78. The Hall–Kier alpha value is -2.74. The van der Waals surface area contributed by atoms with Gasteiger partial charge in [0.1, 0.15) is 5.82 Å². The normalized spacial score (nSPS) is 9.90. The average Bonchev–Trinajstić information content (AvgIpc) is 2.52. The lowest BCUT2D eigenvalue weighted by molar-refractivity contribution is 0.0742. The Morgan fingerprint density at radius 3 is 2.76 bits per heavy atom. The molecule has 0 spiro atoms. The molecule has 0 radical (unpaired) electrons. The number of halogens is 1. The summed E-state index contributed by atoms with van der Waals surface area (Å²) >= 11 is 0. The molecule has 1 heterocycles. The topological polar surface area (TPSA) is 57.0 Å². The highest BCUT2D eigenvalue weighted by molar-refractivity contribution is 5.94. The number of amides is 1. The number of pyridine rings is 1. The van der Waals surface area contributed by atoms with E-state index in [1.54, 1.807) is 24.5 Å². The summed E-state index contributed by atoms with van der Waals surface area (Å²) in [6.07, 6.45) is 3.48. The van der Waals surface area contributed by atoms with Gasteiger partial charge in [-0.05, 0) is 23.8 Å². The van der Waals surface area contributed by atoms with Crippen LogP contribution in [0.4, 0.5) is 4.39 Å². The standard InChI is InChI=1S/C16H14FN3O/c17-15-7-2-1-6-14(15)16(21)20(10-4-8-18)12-13-5-3-9-19-11-13/h1-3,5-7,9,11H,4,10,12H2. The Balaban J connectivity index is 2.21. The summed E-state index contributed by atoms with van der Waals surface area (Å²) in [5.41, 5.74) is 0.847. The molecule has 0 saturated heterocycles. The van der Waals surface area contributed by atoms with Crippen molar-refractivity contribution in [2.24, 2.45) is 0 Å². The van der Waals surface area contributed by atoms with Crippen molar-refractivity contribution in [2.45, 2.75) is 13.0 Å². The molecule has 0 fully saturated rings. The molecule has 21 heavy (non-hydrogen) atoms. The quantitative estimate of drug-likeness (QED) is 0.847. The molecule has 0 N–H and O–H groups in total. The molecule has 1 amide bonds. The fourth-order valence-corrected chi connectivity index (χ4v) is 1.95. The monoisotopic (exact) mass is 283 g/mol. The highest BCUT2D eigenvalue weighted by atomic mass is 19.1. The molecule has 0 saturated carbocycles. The molecule has 0 atom stereocenters. The van der Waals surface area contributed by atoms with Crippen LogP contribution in [0.25, 0.3) is 0 Å². The van der Waals surface area contributed by atoms with Crippen LogP contribution in [0.15, 0.2) is 48.8 Å². The average molecular weight is 283 g/mol. The molecule has 0 aliphatic rings. The second-order valence-corrected chi connectivity index (χ2v) is 4.48. The number of rotatable bonds is 5. The molecular formula is C16H14FN3O. The van der Waals surface area contributed by atoms with Crippen molar-refractivity contribution < 1.29 is 9.18 Å². The van der Waals surface area contributed by atoms with Crippen LogP contribution in [0.1, 0.15) is 22.3 Å². The van der Waals surface area contributed by atoms with Crippen molar-refractivity contribution in [3.8, 4) is 6.07 Å². The zero-order valence-electron chi connectivity index (χ0n) is 11.4. The van der Waals surface area contributed by atoms with Crippen LogP contribution in [0.5, 0.6) is 0 Å². The second kappa shape index (κ2) is 7.15. The van der Waals surface area contributed by atoms with Crippen molar-refractivity contribution >= 4 is 5.91 Å². The van der Waals surface area contributed by atoms with Gasteiger partial charge in [0.15, 0.2) is 0 Å². The van der Waals surface area contributed by atoms with Crippen LogP contribution in [0.3, 0.4) is 0 Å². The minimum absolute atomic E-state index is 0.0133. The first-order valence-corrected chi connectivity index (χ1v) is 6.52. The lowest BCUT2D eigenvalue weighted by atomic mass is 10.1. The number of hydrogen-bond acceptors (Lipinski definition) is 3. The van der Waals surface area contributed by atoms with E-state index in [-0.39, 0.29) is 18.5 Å². The first-order valence-electron chi connectivity index (χ1n) is 6.52. The van der Waals surface area contributed by atoms with Gasteiger partial charge >= 0.3 is 0 Å². The van der Waals surface area contributed by atoms with Gasteiger partial charge in [0, 0.05) is 25.5 Å². The van der Waals surface area contributed by atoms with Gasteiger partial charge in [0.25, 0.3) is 5.91 Å². The summed E-state index contributed by atoms with van der Waals surface area (Å²) in [7, 11) is 0. The molecule has 2 rings (SSSR count). The molecule has 2 aromatic rings. The molecule has 0 aliphatic heterocycles. The molecule has 106 valence electrons. The predicted molar refractivity (Wildman–Crippen MR) is 75.6 cm³/mol. The maximum Gasteiger partial charge on any atom is 0.257 e. The van der Waals surface area contributed by atoms with E-state index in [2.05, 4.69) is 4.98 Å². The molecular weight excluding hydrogens is 269 g/mol. The van der Waals surface area contributed by atoms with Crippen molar-refractivity contribution in [2.75, 3.05) is 6.54 Å². The molecule has 0 bridgehead atoms. The van der Waals surface area contributed by atoms with Gasteiger partial charge < -0.3 is 4.90 Å². The van der Waals surface area contributed by atoms with E-state index in [9.17, 15) is 9.18 Å². The molecule has 5 heteroatoms. The Morgan fingerprint density at radius 1 is 1.29 bits per heavy atom. The molecule has 1 aromatic heterocycles. The first kappa shape index (κ1) is 14.7. The maximum atomic E-state index is 13.7. The molecule has 0 aliphatic carbocycles. The van der Waals surface area contributed by atoms with E-state index in [0.29, 0.717) is 6.54 Å². The van der Waals surface area contributed by atoms with Crippen LogP contribution >= 0.6 is 0 Å². The summed E-state index contributed by atoms with van der Waals surface area (Å²) in [5.74, 6) is -0.983. The van der Waals surface area contributed by atoms with Crippen LogP contribution in [-0.4, -0.2) is 22.3 Å². The van der Waals surface area contributed by atoms with E-state index < -0.39 is 11.7 Å². The summed E-state index contributed by atoms with van der Waals surface area (Å²) in [4.78, 5) is 17.9. The number of aromatic nitrogens is 1. The summed E-state index contributed by atoms with van der Waals surface area (Å²) in [5, 5.41) is 8.71. The smallest absolute Gasteiger partial charge is 0.257 e. The van der Waals surface area contributed by atoms with Gasteiger partial charge in [0.2, 0.25) is 0 Å². The van der Waals surface area contributed by atoms with E-state index in [4.69, 9.17) is 5.26 Å². The van der Waals surface area contributed by atoms with E-state index in [0.717, 1.165) is 5.56 Å². The lowest BCUT2D eigenvalue weighted by Gasteiger charge is -2.22. The van der Waals surface area contributed by atoms with Crippen LogP contribution in [-0.2, 0) is 6.54 Å². The summed E-state index contributed by atoms with van der Waals surface area (Å²) < 4.78 is 13.7. The fraction of sp³-hybridized carbons (Fsp3) is 0.188. The number of nitriles is 1. The van der Waals surface area contributed by atoms with Crippen molar-refractivity contribution in [1.29, 1.82) is 5.26 Å². The van der Waals surface area contributed by atoms with Crippen molar-refractivity contribution in [3.05, 3.63) is 65.7 Å². The molecule has 1 aromatic carbocycles. The third kappa shape index (κ3) is 3.86. The second-order valence-electron chi connectivity index (χ2n) is 4.48. The van der Waals surface area contributed by atoms with E-state index >= 15 is 0 Å². The maximum absolute atomic E-state index is 13.7. The van der Waals surface area contributed by atoms with Gasteiger partial charge in [-0.2, -0.15) is 5.26 Å². The van der Waals surface area contributed by atoms with Gasteiger partial charge in [-0.15, -0.1) is 0 Å². The number of nitrogens with zero attached hydrogens (tertiary/aromatic N) is 3. The Kier molecular flexibility index (Phi) is 4.99. The minimum atomic E-state index is -0.560. The Morgan fingerprint density at radius 2 is 2.10 bits per heavy atom.